The van der Waals surface area contributed by atoms with Crippen LogP contribution >= 0.6 is 23.8 Å². The topological polar surface area (TPSA) is 20.2 Å². The van der Waals surface area contributed by atoms with E-state index in [1.165, 1.54) is 0 Å². The molecule has 60 valence electrons. The molecule has 0 unspecified atom stereocenters. The van der Waals surface area contributed by atoms with E-state index < -0.39 is 0 Å². The van der Waals surface area contributed by atoms with Crippen molar-refractivity contribution in [1.29, 1.82) is 0 Å². The lowest BCUT2D eigenvalue weighted by molar-refractivity contribution is 0.301. The fourth-order valence-electron chi connectivity index (χ4n) is 0.959. The molecular weight excluding hydrogens is 180 g/mol. The Balaban J connectivity index is 2.72. The summed E-state index contributed by atoms with van der Waals surface area (Å²) in [6.07, 6.45) is 5.05. The first-order valence-corrected chi connectivity index (χ1v) is 4.23. The molecule has 0 saturated carbocycles. The minimum Gasteiger partial charge on any atom is -0.396 e. The number of aliphatic hydroxyl groups is 1. The molecule has 0 aromatic rings. The van der Waals surface area contributed by atoms with Gasteiger partial charge in [-0.15, -0.1) is 0 Å². The van der Waals surface area contributed by atoms with Crippen molar-refractivity contribution in [2.24, 2.45) is 0 Å². The highest BCUT2D eigenvalue weighted by molar-refractivity contribution is 7.80. The van der Waals surface area contributed by atoms with E-state index in [2.05, 4.69) is 0 Å². The van der Waals surface area contributed by atoms with Gasteiger partial charge in [-0.25, -0.2) is 0 Å². The first-order chi connectivity index (χ1) is 5.24. The van der Waals surface area contributed by atoms with Crippen LogP contribution in [0.3, 0.4) is 0 Å². The second-order valence-electron chi connectivity index (χ2n) is 2.36. The standard InChI is InChI=1S/C8H9ClOS/c9-7-1-2-8(11)6(5-7)3-4-10/h1,5,10H,2-4H2. The maximum absolute atomic E-state index is 8.66. The number of hydrogen-bond acceptors (Lipinski definition) is 2. The van der Waals surface area contributed by atoms with Gasteiger partial charge >= 0.3 is 0 Å². The molecule has 0 atom stereocenters. The summed E-state index contributed by atoms with van der Waals surface area (Å²) >= 11 is 10.8. The summed E-state index contributed by atoms with van der Waals surface area (Å²) in [5.74, 6) is 0. The number of halogens is 1. The largest absolute Gasteiger partial charge is 0.396 e. The van der Waals surface area contributed by atoms with Crippen molar-refractivity contribution in [1.82, 2.24) is 0 Å². The van der Waals surface area contributed by atoms with Gasteiger partial charge in [0.25, 0.3) is 0 Å². The predicted octanol–water partition coefficient (Wildman–Crippen LogP) is 2.19. The molecule has 0 amide bonds. The normalized spacial score (nSPS) is 17.8. The molecule has 0 radical (unpaired) electrons. The van der Waals surface area contributed by atoms with Crippen molar-refractivity contribution in [2.45, 2.75) is 12.8 Å². The van der Waals surface area contributed by atoms with Crippen molar-refractivity contribution in [3.63, 3.8) is 0 Å². The molecule has 0 spiro atoms. The van der Waals surface area contributed by atoms with Gasteiger partial charge in [0.2, 0.25) is 0 Å². The van der Waals surface area contributed by atoms with Crippen LogP contribution in [-0.4, -0.2) is 16.6 Å². The molecule has 0 bridgehead atoms. The Morgan fingerprint density at radius 2 is 2.36 bits per heavy atom. The van der Waals surface area contributed by atoms with Gasteiger partial charge in [-0.1, -0.05) is 29.9 Å². The van der Waals surface area contributed by atoms with Crippen LogP contribution in [0.1, 0.15) is 12.8 Å². The van der Waals surface area contributed by atoms with E-state index in [0.29, 0.717) is 6.42 Å². The Bertz CT molecular complexity index is 230. The quantitative estimate of drug-likeness (QED) is 0.671. The number of hydrogen-bond donors (Lipinski definition) is 1. The first-order valence-electron chi connectivity index (χ1n) is 3.44. The van der Waals surface area contributed by atoms with Crippen molar-refractivity contribution < 1.29 is 5.11 Å². The monoisotopic (exact) mass is 188 g/mol. The molecule has 0 saturated heterocycles. The van der Waals surface area contributed by atoms with Crippen molar-refractivity contribution >= 4 is 28.7 Å². The van der Waals surface area contributed by atoms with Crippen molar-refractivity contribution in [3.05, 3.63) is 22.8 Å². The van der Waals surface area contributed by atoms with Crippen LogP contribution in [0, 0.1) is 0 Å². The Hall–Kier alpha value is -0.180. The summed E-state index contributed by atoms with van der Waals surface area (Å²) in [5, 5.41) is 9.38. The molecule has 3 heteroatoms. The van der Waals surface area contributed by atoms with Crippen LogP contribution in [0.5, 0.6) is 0 Å². The maximum atomic E-state index is 8.66. The van der Waals surface area contributed by atoms with E-state index >= 15 is 0 Å². The molecule has 0 aromatic heterocycles. The second kappa shape index (κ2) is 4.00. The van der Waals surface area contributed by atoms with Crippen LogP contribution in [-0.2, 0) is 0 Å². The molecule has 0 aromatic carbocycles. The zero-order valence-electron chi connectivity index (χ0n) is 6.01. The van der Waals surface area contributed by atoms with Crippen LogP contribution in [0.25, 0.3) is 0 Å². The van der Waals surface area contributed by atoms with E-state index in [9.17, 15) is 0 Å². The molecule has 1 nitrogen and oxygen atoms in total. The zero-order valence-corrected chi connectivity index (χ0v) is 7.58. The number of allylic oxidation sites excluding steroid dienone is 3. The predicted molar refractivity (Wildman–Crippen MR) is 50.9 cm³/mol. The summed E-state index contributed by atoms with van der Waals surface area (Å²) in [5.41, 5.74) is 0.995. The molecule has 1 rings (SSSR count). The lowest BCUT2D eigenvalue weighted by Gasteiger charge is -2.10. The smallest absolute Gasteiger partial charge is 0.0471 e. The average Bonchev–Trinajstić information content (AvgIpc) is 1.98. The first kappa shape index (κ1) is 8.91. The second-order valence-corrected chi connectivity index (χ2v) is 3.29. The molecule has 0 heterocycles. The molecule has 1 aliphatic rings. The SMILES string of the molecule is OCCC1=CC(Cl)=CCC1=S. The molecular formula is C8H9ClOS. The van der Waals surface area contributed by atoms with Crippen LogP contribution in [0.2, 0.25) is 0 Å². The van der Waals surface area contributed by atoms with Crippen LogP contribution < -0.4 is 0 Å². The van der Waals surface area contributed by atoms with Crippen LogP contribution in [0.15, 0.2) is 22.8 Å². The Morgan fingerprint density at radius 3 is 3.00 bits per heavy atom. The van der Waals surface area contributed by atoms with E-state index in [1.807, 2.05) is 12.2 Å². The number of thiocarbonyl (C=S) groups is 1. The molecule has 1 aliphatic carbocycles. The summed E-state index contributed by atoms with van der Waals surface area (Å²) in [6, 6.07) is 0. The van der Waals surface area contributed by atoms with E-state index in [1.54, 1.807) is 0 Å². The lowest BCUT2D eigenvalue weighted by atomic mass is 10.0. The van der Waals surface area contributed by atoms with Gasteiger partial charge in [0.15, 0.2) is 0 Å². The minimum atomic E-state index is 0.135. The average molecular weight is 189 g/mol. The Labute approximate surface area is 76.4 Å². The summed E-state index contributed by atoms with van der Waals surface area (Å²) in [4.78, 5) is 0.892. The van der Waals surface area contributed by atoms with Gasteiger partial charge in [0.1, 0.15) is 0 Å². The van der Waals surface area contributed by atoms with E-state index in [0.717, 1.165) is 21.9 Å². The molecule has 1 N–H and O–H groups in total. The van der Waals surface area contributed by atoms with Crippen LogP contribution in [0.4, 0.5) is 0 Å². The minimum absolute atomic E-state index is 0.135. The highest BCUT2D eigenvalue weighted by atomic mass is 35.5. The third-order valence-electron chi connectivity index (χ3n) is 1.53. The van der Waals surface area contributed by atoms with Gasteiger partial charge in [0.05, 0.1) is 0 Å². The maximum Gasteiger partial charge on any atom is 0.0471 e. The number of rotatable bonds is 2. The molecule has 11 heavy (non-hydrogen) atoms. The van der Waals surface area contributed by atoms with Gasteiger partial charge in [-0.3, -0.25) is 0 Å². The fourth-order valence-corrected chi connectivity index (χ4v) is 1.41. The zero-order chi connectivity index (χ0) is 8.27. The Kier molecular flexibility index (Phi) is 3.24. The molecule has 0 aliphatic heterocycles. The van der Waals surface area contributed by atoms with Gasteiger partial charge in [-0.05, 0) is 18.1 Å². The number of aliphatic hydroxyl groups excluding tert-OH is 1. The van der Waals surface area contributed by atoms with Crippen molar-refractivity contribution in [3.8, 4) is 0 Å². The summed E-state index contributed by atoms with van der Waals surface area (Å²) in [7, 11) is 0. The van der Waals surface area contributed by atoms with Gasteiger partial charge in [0, 0.05) is 22.9 Å². The van der Waals surface area contributed by atoms with E-state index in [4.69, 9.17) is 28.9 Å². The highest BCUT2D eigenvalue weighted by Crippen LogP contribution is 2.20. The lowest BCUT2D eigenvalue weighted by Crippen LogP contribution is -2.04. The van der Waals surface area contributed by atoms with Crippen molar-refractivity contribution in [2.75, 3.05) is 6.61 Å². The summed E-state index contributed by atoms with van der Waals surface area (Å²) < 4.78 is 0. The highest BCUT2D eigenvalue weighted by Gasteiger charge is 2.08. The Morgan fingerprint density at radius 1 is 1.64 bits per heavy atom. The summed E-state index contributed by atoms with van der Waals surface area (Å²) in [6.45, 7) is 0.135. The van der Waals surface area contributed by atoms with E-state index in [-0.39, 0.29) is 6.61 Å². The fraction of sp³-hybridized carbons (Fsp3) is 0.375. The third-order valence-corrected chi connectivity index (χ3v) is 2.23. The van der Waals surface area contributed by atoms with Gasteiger partial charge in [-0.2, -0.15) is 0 Å². The molecule has 0 fully saturated rings. The van der Waals surface area contributed by atoms with Gasteiger partial charge < -0.3 is 5.11 Å². The third kappa shape index (κ3) is 2.40.